The molecule has 2 saturated heterocycles. The van der Waals surface area contributed by atoms with E-state index < -0.39 is 11.8 Å². The normalized spacial score (nSPS) is 15.9. The maximum atomic E-state index is 12.9. The van der Waals surface area contributed by atoms with E-state index in [4.69, 9.17) is 19.7 Å². The van der Waals surface area contributed by atoms with Crippen LogP contribution in [0.25, 0.3) is 11.0 Å². The minimum absolute atomic E-state index is 0.00358. The smallest absolute Gasteiger partial charge is 0.335 e. The Morgan fingerprint density at radius 2 is 1.95 bits per heavy atom. The molecule has 1 unspecified atom stereocenters. The summed E-state index contributed by atoms with van der Waals surface area (Å²) in [5.41, 5.74) is 1.88. The lowest BCUT2D eigenvalue weighted by Crippen LogP contribution is -2.34. The van der Waals surface area contributed by atoms with E-state index in [1.54, 1.807) is 12.1 Å². The van der Waals surface area contributed by atoms with Crippen LogP contribution in [0.5, 0.6) is 5.75 Å². The fraction of sp³-hybridized carbons (Fsp3) is 0.344. The van der Waals surface area contributed by atoms with E-state index >= 15 is 0 Å². The number of halogens is 1. The maximum absolute atomic E-state index is 12.9. The van der Waals surface area contributed by atoms with E-state index in [2.05, 4.69) is 32.3 Å². The second-order valence-corrected chi connectivity index (χ2v) is 10.2. The molecule has 0 radical (unpaired) electrons. The van der Waals surface area contributed by atoms with Crippen LogP contribution in [0.3, 0.4) is 0 Å². The van der Waals surface area contributed by atoms with Gasteiger partial charge in [0.2, 0.25) is 0 Å². The minimum atomic E-state index is -0.901. The van der Waals surface area contributed by atoms with Crippen LogP contribution in [0.1, 0.15) is 53.3 Å². The average molecular weight is 601 g/mol. The molecule has 2 aliphatic heterocycles. The number of carbonyl (C=O) groups is 1. The first-order valence-corrected chi connectivity index (χ1v) is 14.2. The molecule has 44 heavy (non-hydrogen) atoms. The number of H-pyrrole nitrogens is 1. The van der Waals surface area contributed by atoms with Gasteiger partial charge in [-0.3, -0.25) is 9.69 Å². The first kappa shape index (κ1) is 31.9. The Bertz CT molecular complexity index is 1700. The Morgan fingerprint density at radius 3 is 2.61 bits per heavy atom. The lowest BCUT2D eigenvalue weighted by Gasteiger charge is -2.29. The number of rotatable bonds is 8. The largest absolute Gasteiger partial charge is 0.484 e. The fourth-order valence-electron chi connectivity index (χ4n) is 4.93. The number of carboxylic acid groups (broad SMARTS) is 1. The van der Waals surface area contributed by atoms with Gasteiger partial charge in [-0.15, -0.1) is 12.8 Å². The summed E-state index contributed by atoms with van der Waals surface area (Å²) in [5.74, 6) is 0.179. The number of hydrogen-bond donors (Lipinski definition) is 2. The molecule has 0 aliphatic carbocycles. The molecule has 4 aromatic rings. The first-order valence-electron chi connectivity index (χ1n) is 14.2. The molecule has 2 aliphatic rings. The molecular formula is C32H33FN6O5. The topological polar surface area (TPSA) is 146 Å². The fourth-order valence-corrected chi connectivity index (χ4v) is 4.93. The number of piperidine rings is 1. The van der Waals surface area contributed by atoms with Crippen molar-refractivity contribution in [3.05, 3.63) is 87.6 Å². The summed E-state index contributed by atoms with van der Waals surface area (Å²) < 4.78 is 26.0. The summed E-state index contributed by atoms with van der Waals surface area (Å²) in [6.45, 7) is 4.62. The van der Waals surface area contributed by atoms with Gasteiger partial charge < -0.3 is 24.1 Å². The Hall–Kier alpha value is -5.04. The van der Waals surface area contributed by atoms with Gasteiger partial charge in [0, 0.05) is 18.9 Å². The van der Waals surface area contributed by atoms with E-state index in [1.165, 1.54) is 43.7 Å². The third-order valence-electron chi connectivity index (χ3n) is 7.22. The van der Waals surface area contributed by atoms with Crippen molar-refractivity contribution in [1.82, 2.24) is 24.4 Å². The number of aromatic nitrogens is 4. The van der Waals surface area contributed by atoms with Crippen LogP contribution in [0.15, 0.2) is 53.5 Å². The van der Waals surface area contributed by atoms with Gasteiger partial charge in [0.15, 0.2) is 0 Å². The molecule has 0 spiro atoms. The monoisotopic (exact) mass is 600 g/mol. The summed E-state index contributed by atoms with van der Waals surface area (Å²) in [7, 11) is 0. The first-order chi connectivity index (χ1) is 21.4. The summed E-state index contributed by atoms with van der Waals surface area (Å²) in [4.78, 5) is 35.9. The van der Waals surface area contributed by atoms with E-state index in [0.717, 1.165) is 62.1 Å². The molecule has 11 nitrogen and oxygen atoms in total. The summed E-state index contributed by atoms with van der Waals surface area (Å²) in [6, 6.07) is 11.9. The van der Waals surface area contributed by atoms with Crippen molar-refractivity contribution >= 4 is 17.0 Å². The molecule has 12 heteroatoms. The quantitative estimate of drug-likeness (QED) is 0.285. The van der Waals surface area contributed by atoms with Gasteiger partial charge in [0.25, 0.3) is 5.56 Å². The standard InChI is InChI=1S/C18H23N3O3.C12H8FN3O2.C2H2/c22-18(23)13-4-5-15-16(10-13)21(11-14-6-9-24-14)17(19-15)12-20-7-2-1-3-8-20;13-9-1-2-10(8(5-9)6-14)18-7-11-15-4-3-12(17)16-11;1-2/h4-5,10,14H,1-3,6-9,11-12H2,(H,22,23);1-5H,7H2,(H,15,16,17);1-2H. The van der Waals surface area contributed by atoms with Gasteiger partial charge in [-0.25, -0.2) is 19.2 Å². The average Bonchev–Trinajstić information content (AvgIpc) is 3.35. The van der Waals surface area contributed by atoms with Gasteiger partial charge >= 0.3 is 5.97 Å². The molecular weight excluding hydrogens is 567 g/mol. The molecule has 2 aromatic carbocycles. The lowest BCUT2D eigenvalue weighted by atomic mass is 10.1. The Balaban J connectivity index is 0.000000198. The van der Waals surface area contributed by atoms with Crippen molar-refractivity contribution < 1.29 is 23.8 Å². The van der Waals surface area contributed by atoms with Crippen LogP contribution in [0.4, 0.5) is 4.39 Å². The third kappa shape index (κ3) is 8.28. The zero-order valence-electron chi connectivity index (χ0n) is 24.1. The number of nitriles is 1. The van der Waals surface area contributed by atoms with E-state index in [9.17, 15) is 19.1 Å². The minimum Gasteiger partial charge on any atom is -0.484 e. The number of likely N-dealkylation sites (tertiary alicyclic amines) is 1. The molecule has 6 rings (SSSR count). The maximum Gasteiger partial charge on any atom is 0.335 e. The van der Waals surface area contributed by atoms with Crippen LogP contribution < -0.4 is 10.3 Å². The lowest BCUT2D eigenvalue weighted by molar-refractivity contribution is -0.0592. The highest BCUT2D eigenvalue weighted by Crippen LogP contribution is 2.24. The molecule has 2 fully saturated rings. The van der Waals surface area contributed by atoms with Crippen LogP contribution in [-0.2, 0) is 24.4 Å². The number of hydrogen-bond acceptors (Lipinski definition) is 8. The summed E-state index contributed by atoms with van der Waals surface area (Å²) in [6.07, 6.45) is 14.4. The number of benzene rings is 2. The summed E-state index contributed by atoms with van der Waals surface area (Å²) >= 11 is 0. The van der Waals surface area contributed by atoms with Gasteiger partial charge in [-0.05, 0) is 68.8 Å². The van der Waals surface area contributed by atoms with Crippen LogP contribution >= 0.6 is 0 Å². The van der Waals surface area contributed by atoms with E-state index in [-0.39, 0.29) is 29.6 Å². The molecule has 1 atom stereocenters. The third-order valence-corrected chi connectivity index (χ3v) is 7.22. The highest BCUT2D eigenvalue weighted by Gasteiger charge is 2.23. The number of aromatic carboxylic acids is 1. The van der Waals surface area contributed by atoms with E-state index in [0.29, 0.717) is 11.4 Å². The second kappa shape index (κ2) is 15.4. The molecule has 2 aromatic heterocycles. The van der Waals surface area contributed by atoms with Crippen molar-refractivity contribution in [3.63, 3.8) is 0 Å². The van der Waals surface area contributed by atoms with Crippen molar-refractivity contribution in [2.75, 3.05) is 19.7 Å². The number of fused-ring (bicyclic) bond motifs is 1. The van der Waals surface area contributed by atoms with Gasteiger partial charge in [-0.1, -0.05) is 6.42 Å². The molecule has 0 saturated carbocycles. The van der Waals surface area contributed by atoms with Crippen molar-refractivity contribution in [3.8, 4) is 24.7 Å². The van der Waals surface area contributed by atoms with Crippen LogP contribution in [0.2, 0.25) is 0 Å². The van der Waals surface area contributed by atoms with Crippen molar-refractivity contribution in [1.29, 1.82) is 5.26 Å². The Morgan fingerprint density at radius 1 is 1.18 bits per heavy atom. The number of ether oxygens (including phenoxy) is 2. The number of nitrogens with one attached hydrogen (secondary N) is 1. The number of nitrogens with zero attached hydrogens (tertiary/aromatic N) is 5. The Labute approximate surface area is 253 Å². The second-order valence-electron chi connectivity index (χ2n) is 10.2. The zero-order chi connectivity index (χ0) is 31.5. The van der Waals surface area contributed by atoms with Crippen LogP contribution in [-0.4, -0.2) is 61.3 Å². The molecule has 2 N–H and O–H groups in total. The zero-order valence-corrected chi connectivity index (χ0v) is 24.1. The van der Waals surface area contributed by atoms with Gasteiger partial charge in [0.1, 0.15) is 35.9 Å². The number of imidazole rings is 1. The van der Waals surface area contributed by atoms with E-state index in [1.807, 2.05) is 12.1 Å². The number of terminal acetylenes is 1. The SMILES string of the molecule is C#C.N#Cc1cc(F)ccc1OCc1nccc(=O)[nH]1.O=C(O)c1ccc2nc(CN3CCCCC3)n(CC3CCO3)c2c1. The highest BCUT2D eigenvalue weighted by molar-refractivity contribution is 5.92. The van der Waals surface area contributed by atoms with Crippen molar-refractivity contribution in [2.24, 2.45) is 0 Å². The predicted molar refractivity (Wildman–Crippen MR) is 160 cm³/mol. The van der Waals surface area contributed by atoms with Crippen molar-refractivity contribution in [2.45, 2.75) is 51.5 Å². The molecule has 4 heterocycles. The predicted octanol–water partition coefficient (Wildman–Crippen LogP) is 4.12. The highest BCUT2D eigenvalue weighted by atomic mass is 19.1. The molecule has 228 valence electrons. The van der Waals surface area contributed by atoms with Gasteiger partial charge in [-0.2, -0.15) is 5.26 Å². The summed E-state index contributed by atoms with van der Waals surface area (Å²) in [5, 5.41) is 18.1. The Kier molecular flexibility index (Phi) is 11.2. The number of carboxylic acids is 1. The number of aromatic amines is 1. The molecule has 0 bridgehead atoms. The van der Waals surface area contributed by atoms with Gasteiger partial charge in [0.05, 0.1) is 41.4 Å². The van der Waals surface area contributed by atoms with Crippen LogP contribution in [0, 0.1) is 30.0 Å². The molecule has 0 amide bonds.